The summed E-state index contributed by atoms with van der Waals surface area (Å²) in [5.74, 6) is 0. The van der Waals surface area contributed by atoms with Gasteiger partial charge in [0.2, 0.25) is 0 Å². The summed E-state index contributed by atoms with van der Waals surface area (Å²) >= 11 is 0. The molecule has 0 spiro atoms. The molecule has 0 amide bonds. The highest BCUT2D eigenvalue weighted by Crippen LogP contribution is 2.43. The van der Waals surface area contributed by atoms with Crippen LogP contribution in [-0.2, 0) is 6.42 Å². The Labute approximate surface area is 269 Å². The summed E-state index contributed by atoms with van der Waals surface area (Å²) < 4.78 is 0. The van der Waals surface area contributed by atoms with Crippen LogP contribution in [0.1, 0.15) is 173 Å². The van der Waals surface area contributed by atoms with Crippen LogP contribution in [0.4, 0.5) is 0 Å². The van der Waals surface area contributed by atoms with E-state index in [4.69, 9.17) is 0 Å². The molecule has 0 radical (unpaired) electrons. The van der Waals surface area contributed by atoms with Crippen LogP contribution in [0.5, 0.6) is 0 Å². The van der Waals surface area contributed by atoms with E-state index in [1.54, 1.807) is 0 Å². The molecule has 3 aromatic carbocycles. The highest BCUT2D eigenvalue weighted by Gasteiger charge is 2.21. The van der Waals surface area contributed by atoms with Crippen molar-refractivity contribution in [2.75, 3.05) is 0 Å². The van der Waals surface area contributed by atoms with E-state index in [9.17, 15) is 0 Å². The third-order valence-electron chi connectivity index (χ3n) is 7.11. The molecule has 0 fully saturated rings. The summed E-state index contributed by atoms with van der Waals surface area (Å²) in [6.45, 7) is 55.1. The lowest BCUT2D eigenvalue weighted by molar-refractivity contribution is 1.11. The van der Waals surface area contributed by atoms with Gasteiger partial charge in [0.25, 0.3) is 0 Å². The number of benzene rings is 3. The van der Waals surface area contributed by atoms with Crippen molar-refractivity contribution in [2.45, 2.75) is 186 Å². The Morgan fingerprint density at radius 1 is 0.262 bits per heavy atom. The summed E-state index contributed by atoms with van der Waals surface area (Å²) in [6.07, 6.45) is 1.09. The van der Waals surface area contributed by atoms with Crippen LogP contribution < -0.4 is 6.15 Å². The maximum absolute atomic E-state index is 2.32. The molecule has 252 valence electrons. The van der Waals surface area contributed by atoms with Gasteiger partial charge in [-0.3, -0.25) is 0 Å². The molecule has 42 heavy (non-hydrogen) atoms. The van der Waals surface area contributed by atoms with Gasteiger partial charge in [-0.25, -0.2) is 0 Å². The maximum atomic E-state index is 2.32. The second-order valence-corrected chi connectivity index (χ2v) is 7.96. The minimum atomic E-state index is 0. The molecule has 3 aromatic rings. The van der Waals surface area contributed by atoms with Crippen LogP contribution in [0.2, 0.25) is 0 Å². The van der Waals surface area contributed by atoms with Gasteiger partial charge in [-0.2, -0.15) is 0 Å². The van der Waals surface area contributed by atoms with Crippen molar-refractivity contribution in [1.29, 1.82) is 0 Å². The summed E-state index contributed by atoms with van der Waals surface area (Å²) in [4.78, 5) is 0. The Morgan fingerprint density at radius 3 is 0.714 bits per heavy atom. The number of rotatable bonds is 1. The predicted molar refractivity (Wildman–Crippen MR) is 209 cm³/mol. The zero-order chi connectivity index (χ0) is 34.8. The van der Waals surface area contributed by atoms with Gasteiger partial charge in [0.05, 0.1) is 0 Å². The molecular weight excluding hydrogens is 506 g/mol. The van der Waals surface area contributed by atoms with Crippen LogP contribution in [-0.4, -0.2) is 0 Å². The fourth-order valence-electron chi connectivity index (χ4n) is 4.88. The van der Waals surface area contributed by atoms with E-state index in [1.165, 1.54) is 77.2 Å². The highest BCUT2D eigenvalue weighted by molar-refractivity contribution is 6.16. The SMILES string of the molecule is CC.CC.CC.CC.CC.CC.CC.CC.CCc1c(C)c(C)c(C)c2c(C)c(C)c3c(C)c(C)c(C)c(C)c3c12.N. The van der Waals surface area contributed by atoms with Gasteiger partial charge in [-0.1, -0.05) is 118 Å². The predicted octanol–water partition coefficient (Wildman–Crippen LogP) is 15.7. The van der Waals surface area contributed by atoms with Crippen molar-refractivity contribution in [3.8, 4) is 0 Å². The lowest BCUT2D eigenvalue weighted by atomic mass is 9.79. The van der Waals surface area contributed by atoms with E-state index < -0.39 is 0 Å². The summed E-state index contributed by atoms with van der Waals surface area (Å²) in [5, 5.41) is 6.00. The van der Waals surface area contributed by atoms with E-state index >= 15 is 0 Å². The van der Waals surface area contributed by atoms with Gasteiger partial charge in [-0.15, -0.1) is 0 Å². The van der Waals surface area contributed by atoms with E-state index in [1.807, 2.05) is 111 Å². The average Bonchev–Trinajstić information content (AvgIpc) is 3.07. The van der Waals surface area contributed by atoms with Crippen molar-refractivity contribution in [3.05, 3.63) is 55.6 Å². The molecule has 3 rings (SSSR count). The molecule has 0 unspecified atom stereocenters. The molecule has 0 atom stereocenters. The van der Waals surface area contributed by atoms with Gasteiger partial charge in [0.1, 0.15) is 0 Å². The molecule has 0 saturated heterocycles. The Bertz CT molecular complexity index is 1050. The third kappa shape index (κ3) is 12.8. The Balaban J connectivity index is -0.000000125. The molecule has 1 heteroatoms. The molecule has 0 bridgehead atoms. The Hall–Kier alpha value is -1.86. The molecule has 0 aliphatic rings. The summed E-state index contributed by atoms with van der Waals surface area (Å²) in [5.41, 5.74) is 14.7. The van der Waals surface area contributed by atoms with Crippen molar-refractivity contribution >= 4 is 21.5 Å². The second kappa shape index (κ2) is 33.6. The highest BCUT2D eigenvalue weighted by atomic mass is 14.2. The molecule has 1 nitrogen and oxygen atoms in total. The fraction of sp³-hybridized carbons (Fsp3) is 0.659. The van der Waals surface area contributed by atoms with Gasteiger partial charge in [0, 0.05) is 0 Å². The molecule has 0 aliphatic heterocycles. The van der Waals surface area contributed by atoms with E-state index in [-0.39, 0.29) is 6.15 Å². The average molecular weight is 590 g/mol. The quantitative estimate of drug-likeness (QED) is 0.281. The van der Waals surface area contributed by atoms with Crippen molar-refractivity contribution in [1.82, 2.24) is 6.15 Å². The lowest BCUT2D eigenvalue weighted by Crippen LogP contribution is -2.04. The smallest absolute Gasteiger partial charge is 0.00622 e. The minimum absolute atomic E-state index is 0. The molecule has 0 aliphatic carbocycles. The van der Waals surface area contributed by atoms with Gasteiger partial charge in [0.15, 0.2) is 0 Å². The zero-order valence-corrected chi connectivity index (χ0v) is 34.4. The first-order chi connectivity index (χ1) is 19.6. The monoisotopic (exact) mass is 590 g/mol. The Kier molecular flexibility index (Phi) is 44.8. The van der Waals surface area contributed by atoms with Crippen molar-refractivity contribution in [3.63, 3.8) is 0 Å². The van der Waals surface area contributed by atoms with Gasteiger partial charge < -0.3 is 6.15 Å². The van der Waals surface area contributed by atoms with Crippen LogP contribution >= 0.6 is 0 Å². The van der Waals surface area contributed by atoms with E-state index in [0.717, 1.165) is 6.42 Å². The number of hydrogen-bond acceptors (Lipinski definition) is 1. The maximum Gasteiger partial charge on any atom is -0.00622 e. The first-order valence-corrected chi connectivity index (χ1v) is 17.6. The molecule has 3 N–H and O–H groups in total. The number of hydrogen-bond donors (Lipinski definition) is 1. The van der Waals surface area contributed by atoms with Crippen LogP contribution in [0.15, 0.2) is 0 Å². The number of aryl methyl sites for hydroxylation is 6. The van der Waals surface area contributed by atoms with Gasteiger partial charge >= 0.3 is 0 Å². The van der Waals surface area contributed by atoms with Crippen LogP contribution in [0, 0.1) is 62.3 Å². The van der Waals surface area contributed by atoms with Crippen LogP contribution in [0.25, 0.3) is 21.5 Å². The first kappa shape index (κ1) is 56.0. The topological polar surface area (TPSA) is 35.0 Å². The van der Waals surface area contributed by atoms with Gasteiger partial charge in [-0.05, 0) is 146 Å². The fourth-order valence-corrected chi connectivity index (χ4v) is 4.88. The largest absolute Gasteiger partial charge is 0.344 e. The first-order valence-electron chi connectivity index (χ1n) is 17.6. The van der Waals surface area contributed by atoms with Crippen molar-refractivity contribution in [2.24, 2.45) is 0 Å². The zero-order valence-electron chi connectivity index (χ0n) is 34.4. The second-order valence-electron chi connectivity index (χ2n) is 7.96. The van der Waals surface area contributed by atoms with E-state index in [2.05, 4.69) is 69.2 Å². The summed E-state index contributed by atoms with van der Waals surface area (Å²) in [7, 11) is 0. The third-order valence-corrected chi connectivity index (χ3v) is 7.11. The lowest BCUT2D eigenvalue weighted by Gasteiger charge is -2.25. The number of fused-ring (bicyclic) bond motifs is 3. The molecule has 0 heterocycles. The molecular formula is C41H83N. The molecule has 0 saturated carbocycles. The van der Waals surface area contributed by atoms with E-state index in [0.29, 0.717) is 0 Å². The normalized spacial score (nSPS) is 8.14. The standard InChI is InChI=1S/C25H32.8C2H6.H3N/c1-11-21-15(5)14(4)17(7)23-20(10)19(9)22-16(6)12(2)13(3)18(8)24(22)25(21)23;8*1-2;/h11H2,1-10H3;8*1-2H3;1H3. The molecule has 0 aromatic heterocycles. The summed E-state index contributed by atoms with van der Waals surface area (Å²) in [6, 6.07) is 0. The minimum Gasteiger partial charge on any atom is -0.344 e. The van der Waals surface area contributed by atoms with Crippen LogP contribution in [0.3, 0.4) is 0 Å². The van der Waals surface area contributed by atoms with Crippen molar-refractivity contribution < 1.29 is 0 Å². The Morgan fingerprint density at radius 2 is 0.452 bits per heavy atom.